The number of hydrogen-bond acceptors (Lipinski definition) is 3. The summed E-state index contributed by atoms with van der Waals surface area (Å²) >= 11 is 0. The van der Waals surface area contributed by atoms with E-state index in [4.69, 9.17) is 0 Å². The molecule has 3 aromatic rings. The van der Waals surface area contributed by atoms with Crippen LogP contribution < -0.4 is 10.6 Å². The van der Waals surface area contributed by atoms with Crippen molar-refractivity contribution >= 4 is 5.91 Å². The van der Waals surface area contributed by atoms with Gasteiger partial charge in [0.15, 0.2) is 0 Å². The standard InChI is InChI=1S/C25H23F6N3O/c1-14-11-16(5-7-19(14)27)21(9-3-15-4-10-22(33-13-15)25(29,30)31)34-23(24(35)32-2)18-12-17(26)6-8-20(18)28/h4-8,10-13,21,23,34H,3,9H2,1-2H3,(H,32,35)/t21-,23+/m1/s1. The van der Waals surface area contributed by atoms with Crippen molar-refractivity contribution in [3.63, 3.8) is 0 Å². The van der Waals surface area contributed by atoms with Crippen molar-refractivity contribution < 1.29 is 31.1 Å². The molecule has 0 radical (unpaired) electrons. The Bertz CT molecular complexity index is 1180. The number of carbonyl (C=O) groups excluding carboxylic acids is 1. The first-order valence-electron chi connectivity index (χ1n) is 10.7. The average molecular weight is 495 g/mol. The fourth-order valence-corrected chi connectivity index (χ4v) is 3.67. The summed E-state index contributed by atoms with van der Waals surface area (Å²) < 4.78 is 80.7. The normalized spacial score (nSPS) is 13.4. The molecule has 0 spiro atoms. The molecule has 2 N–H and O–H groups in total. The number of hydrogen-bond donors (Lipinski definition) is 2. The molecular weight excluding hydrogens is 472 g/mol. The minimum absolute atomic E-state index is 0.218. The molecule has 0 saturated carbocycles. The highest BCUT2D eigenvalue weighted by molar-refractivity contribution is 5.83. The van der Waals surface area contributed by atoms with E-state index in [-0.39, 0.29) is 18.4 Å². The van der Waals surface area contributed by atoms with Gasteiger partial charge in [-0.1, -0.05) is 18.2 Å². The van der Waals surface area contributed by atoms with E-state index >= 15 is 0 Å². The molecule has 4 nitrogen and oxygen atoms in total. The van der Waals surface area contributed by atoms with Gasteiger partial charge in [0.05, 0.1) is 0 Å². The van der Waals surface area contributed by atoms with Gasteiger partial charge < -0.3 is 5.32 Å². The zero-order valence-electron chi connectivity index (χ0n) is 18.9. The van der Waals surface area contributed by atoms with Gasteiger partial charge in [-0.25, -0.2) is 13.2 Å². The topological polar surface area (TPSA) is 54.0 Å². The zero-order chi connectivity index (χ0) is 25.8. The smallest absolute Gasteiger partial charge is 0.358 e. The quantitative estimate of drug-likeness (QED) is 0.402. The molecule has 10 heteroatoms. The van der Waals surface area contributed by atoms with Crippen LogP contribution in [0.25, 0.3) is 0 Å². The second-order valence-corrected chi connectivity index (χ2v) is 8.03. The Morgan fingerprint density at radius 3 is 2.31 bits per heavy atom. The Morgan fingerprint density at radius 2 is 1.71 bits per heavy atom. The first-order chi connectivity index (χ1) is 16.5. The van der Waals surface area contributed by atoms with E-state index in [1.165, 1.54) is 25.2 Å². The van der Waals surface area contributed by atoms with Gasteiger partial charge in [0, 0.05) is 24.8 Å². The van der Waals surface area contributed by atoms with Gasteiger partial charge in [-0.15, -0.1) is 0 Å². The predicted molar refractivity (Wildman–Crippen MR) is 118 cm³/mol. The molecule has 2 aromatic carbocycles. The molecule has 186 valence electrons. The van der Waals surface area contributed by atoms with Gasteiger partial charge in [-0.3, -0.25) is 15.1 Å². The summed E-state index contributed by atoms with van der Waals surface area (Å²) in [5.74, 6) is -2.61. The van der Waals surface area contributed by atoms with Crippen LogP contribution in [0.15, 0.2) is 54.7 Å². The Kier molecular flexibility index (Phi) is 8.16. The van der Waals surface area contributed by atoms with Crippen LogP contribution in [0.3, 0.4) is 0 Å². The lowest BCUT2D eigenvalue weighted by atomic mass is 9.95. The molecule has 0 saturated heterocycles. The minimum Gasteiger partial charge on any atom is -0.358 e. The number of benzene rings is 2. The summed E-state index contributed by atoms with van der Waals surface area (Å²) in [5, 5.41) is 5.43. The summed E-state index contributed by atoms with van der Waals surface area (Å²) in [6.45, 7) is 1.55. The monoisotopic (exact) mass is 495 g/mol. The highest BCUT2D eigenvalue weighted by Crippen LogP contribution is 2.29. The van der Waals surface area contributed by atoms with Gasteiger partial charge in [0.1, 0.15) is 29.2 Å². The first-order valence-corrected chi connectivity index (χ1v) is 10.7. The van der Waals surface area contributed by atoms with Gasteiger partial charge in [0.25, 0.3) is 0 Å². The molecule has 2 atom stereocenters. The number of alkyl halides is 3. The number of nitrogens with zero attached hydrogens (tertiary/aromatic N) is 1. The molecule has 1 aromatic heterocycles. The summed E-state index contributed by atoms with van der Waals surface area (Å²) in [6, 6.07) is 7.25. The van der Waals surface area contributed by atoms with Crippen molar-refractivity contribution in [2.24, 2.45) is 0 Å². The predicted octanol–water partition coefficient (Wildman–Crippen LogP) is 5.58. The van der Waals surface area contributed by atoms with Crippen LogP contribution in [-0.4, -0.2) is 17.9 Å². The summed E-state index contributed by atoms with van der Waals surface area (Å²) in [7, 11) is 1.35. The molecule has 1 amide bonds. The summed E-state index contributed by atoms with van der Waals surface area (Å²) in [4.78, 5) is 16.1. The molecule has 0 fully saturated rings. The number of halogens is 6. The average Bonchev–Trinajstić information content (AvgIpc) is 2.82. The summed E-state index contributed by atoms with van der Waals surface area (Å²) in [5.41, 5.74) is 0.154. The van der Waals surface area contributed by atoms with Crippen LogP contribution in [0.4, 0.5) is 26.3 Å². The van der Waals surface area contributed by atoms with Gasteiger partial charge >= 0.3 is 6.18 Å². The Labute approximate surface area is 198 Å². The van der Waals surface area contributed by atoms with Crippen LogP contribution in [0.2, 0.25) is 0 Å². The van der Waals surface area contributed by atoms with Crippen LogP contribution in [0, 0.1) is 24.4 Å². The Morgan fingerprint density at radius 1 is 1.00 bits per heavy atom. The third kappa shape index (κ3) is 6.60. The number of pyridine rings is 1. The number of rotatable bonds is 8. The largest absolute Gasteiger partial charge is 0.433 e. The van der Waals surface area contributed by atoms with E-state index in [1.807, 2.05) is 0 Å². The van der Waals surface area contributed by atoms with E-state index < -0.39 is 47.3 Å². The number of nitrogens with one attached hydrogen (secondary N) is 2. The molecule has 0 bridgehead atoms. The van der Waals surface area contributed by atoms with E-state index in [0.717, 1.165) is 30.5 Å². The molecule has 35 heavy (non-hydrogen) atoms. The van der Waals surface area contributed by atoms with Crippen LogP contribution in [0.5, 0.6) is 0 Å². The van der Waals surface area contributed by atoms with Gasteiger partial charge in [-0.2, -0.15) is 13.2 Å². The highest BCUT2D eigenvalue weighted by atomic mass is 19.4. The van der Waals surface area contributed by atoms with Crippen LogP contribution in [-0.2, 0) is 17.4 Å². The number of carbonyl (C=O) groups is 1. The van der Waals surface area contributed by atoms with Gasteiger partial charge in [0.2, 0.25) is 5.91 Å². The number of aryl methyl sites for hydroxylation is 2. The maximum absolute atomic E-state index is 14.5. The first kappa shape index (κ1) is 26.2. The molecule has 3 rings (SSSR count). The maximum atomic E-state index is 14.5. The Hall–Kier alpha value is -3.40. The van der Waals surface area contributed by atoms with Crippen LogP contribution >= 0.6 is 0 Å². The Balaban J connectivity index is 1.93. The molecular formula is C25H23F6N3O. The van der Waals surface area contributed by atoms with E-state index in [2.05, 4.69) is 15.6 Å². The van der Waals surface area contributed by atoms with Crippen molar-refractivity contribution in [2.75, 3.05) is 7.05 Å². The number of amides is 1. The third-order valence-corrected chi connectivity index (χ3v) is 5.57. The van der Waals surface area contributed by atoms with Crippen molar-refractivity contribution in [2.45, 2.75) is 38.0 Å². The fourth-order valence-electron chi connectivity index (χ4n) is 3.67. The zero-order valence-corrected chi connectivity index (χ0v) is 18.9. The van der Waals surface area contributed by atoms with Crippen LogP contribution in [0.1, 0.15) is 46.5 Å². The SMILES string of the molecule is CNC(=O)[C@@H](N[C@H](CCc1ccc(C(F)(F)F)nc1)c1ccc(F)c(C)c1)c1cc(F)ccc1F. The van der Waals surface area contributed by atoms with Gasteiger partial charge in [-0.05, 0) is 66.8 Å². The number of aromatic nitrogens is 1. The molecule has 1 heterocycles. The van der Waals surface area contributed by atoms with E-state index in [9.17, 15) is 31.1 Å². The molecule has 0 aliphatic heterocycles. The van der Waals surface area contributed by atoms with Crippen molar-refractivity contribution in [3.05, 3.63) is 100 Å². The van der Waals surface area contributed by atoms with Crippen molar-refractivity contribution in [1.82, 2.24) is 15.6 Å². The second kappa shape index (κ2) is 10.9. The lowest BCUT2D eigenvalue weighted by molar-refractivity contribution is -0.141. The molecule has 0 unspecified atom stereocenters. The fraction of sp³-hybridized carbons (Fsp3) is 0.280. The second-order valence-electron chi connectivity index (χ2n) is 8.03. The lowest BCUT2D eigenvalue weighted by Gasteiger charge is -2.26. The minimum atomic E-state index is -4.57. The summed E-state index contributed by atoms with van der Waals surface area (Å²) in [6.07, 6.45) is -2.98. The van der Waals surface area contributed by atoms with E-state index in [0.29, 0.717) is 16.7 Å². The molecule has 0 aliphatic carbocycles. The third-order valence-electron chi connectivity index (χ3n) is 5.57. The van der Waals surface area contributed by atoms with Crippen molar-refractivity contribution in [1.29, 1.82) is 0 Å². The van der Waals surface area contributed by atoms with E-state index in [1.54, 1.807) is 13.0 Å². The van der Waals surface area contributed by atoms with Crippen molar-refractivity contribution in [3.8, 4) is 0 Å². The highest BCUT2D eigenvalue weighted by Gasteiger charge is 2.32. The number of likely N-dealkylation sites (N-methyl/N-ethyl adjacent to an activating group) is 1. The maximum Gasteiger partial charge on any atom is 0.433 e. The lowest BCUT2D eigenvalue weighted by Crippen LogP contribution is -2.38. The molecule has 0 aliphatic rings.